The van der Waals surface area contributed by atoms with Crippen molar-refractivity contribution in [1.29, 1.82) is 0 Å². The van der Waals surface area contributed by atoms with Crippen molar-refractivity contribution in [1.82, 2.24) is 14.8 Å². The maximum absolute atomic E-state index is 13.3. The van der Waals surface area contributed by atoms with E-state index < -0.39 is 11.8 Å². The Hall–Kier alpha value is -2.63. The van der Waals surface area contributed by atoms with Crippen LogP contribution in [0.5, 0.6) is 5.75 Å². The van der Waals surface area contributed by atoms with Crippen molar-refractivity contribution < 1.29 is 23.5 Å². The highest BCUT2D eigenvalue weighted by atomic mass is 35.5. The SMILES string of the molecule is CCOC(=O)c1c(NC(=O)CSc2nnc(COc3ccc(F)c(Cl)c3)n2C)sc2c1CCCC2. The van der Waals surface area contributed by atoms with E-state index in [4.69, 9.17) is 21.1 Å². The molecule has 1 aliphatic carbocycles. The average Bonchev–Trinajstić information content (AvgIpc) is 3.38. The number of carbonyl (C=O) groups excluding carboxylic acids is 2. The quantitative estimate of drug-likeness (QED) is 0.301. The summed E-state index contributed by atoms with van der Waals surface area (Å²) in [4.78, 5) is 26.4. The summed E-state index contributed by atoms with van der Waals surface area (Å²) in [6.07, 6.45) is 3.82. The van der Waals surface area contributed by atoms with Crippen LogP contribution in [0.1, 0.15) is 46.4 Å². The van der Waals surface area contributed by atoms with Crippen LogP contribution in [0.2, 0.25) is 5.02 Å². The molecule has 1 N–H and O–H groups in total. The maximum Gasteiger partial charge on any atom is 0.341 e. The van der Waals surface area contributed by atoms with E-state index in [9.17, 15) is 14.0 Å². The molecule has 1 aromatic carbocycles. The number of nitrogens with zero attached hydrogens (tertiary/aromatic N) is 3. The molecule has 0 atom stereocenters. The lowest BCUT2D eigenvalue weighted by Crippen LogP contribution is -2.17. The minimum Gasteiger partial charge on any atom is -0.486 e. The van der Waals surface area contributed by atoms with E-state index >= 15 is 0 Å². The van der Waals surface area contributed by atoms with Crippen molar-refractivity contribution in [3.05, 3.63) is 50.9 Å². The van der Waals surface area contributed by atoms with Crippen molar-refractivity contribution in [3.8, 4) is 5.75 Å². The first-order valence-corrected chi connectivity index (χ1v) is 13.3. The van der Waals surface area contributed by atoms with E-state index in [2.05, 4.69) is 15.5 Å². The summed E-state index contributed by atoms with van der Waals surface area (Å²) in [5, 5.41) is 12.2. The highest BCUT2D eigenvalue weighted by Crippen LogP contribution is 2.38. The van der Waals surface area contributed by atoms with E-state index in [1.807, 2.05) is 0 Å². The molecule has 1 amide bonds. The summed E-state index contributed by atoms with van der Waals surface area (Å²) in [6.45, 7) is 2.14. The molecule has 8 nitrogen and oxygen atoms in total. The van der Waals surface area contributed by atoms with Crippen LogP contribution in [0.15, 0.2) is 23.4 Å². The lowest BCUT2D eigenvalue weighted by molar-refractivity contribution is -0.113. The first-order chi connectivity index (χ1) is 16.9. The molecule has 0 bridgehead atoms. The van der Waals surface area contributed by atoms with Crippen LogP contribution in [0, 0.1) is 5.82 Å². The first kappa shape index (κ1) is 25.5. The Morgan fingerprint density at radius 1 is 1.29 bits per heavy atom. The third kappa shape index (κ3) is 5.96. The Morgan fingerprint density at radius 3 is 2.86 bits per heavy atom. The number of hydrogen-bond donors (Lipinski definition) is 1. The Morgan fingerprint density at radius 2 is 2.09 bits per heavy atom. The van der Waals surface area contributed by atoms with Gasteiger partial charge in [0.2, 0.25) is 5.91 Å². The van der Waals surface area contributed by atoms with Crippen LogP contribution in [0.3, 0.4) is 0 Å². The number of rotatable bonds is 9. The molecule has 35 heavy (non-hydrogen) atoms. The van der Waals surface area contributed by atoms with Gasteiger partial charge in [-0.05, 0) is 50.3 Å². The number of thioether (sulfide) groups is 1. The molecule has 0 saturated carbocycles. The summed E-state index contributed by atoms with van der Waals surface area (Å²) in [5.41, 5.74) is 1.49. The summed E-state index contributed by atoms with van der Waals surface area (Å²) in [5.74, 6) is -0.138. The number of halogens is 2. The van der Waals surface area contributed by atoms with Crippen molar-refractivity contribution in [2.75, 3.05) is 17.7 Å². The molecule has 0 spiro atoms. The number of thiophene rings is 1. The van der Waals surface area contributed by atoms with Gasteiger partial charge in [-0.25, -0.2) is 9.18 Å². The summed E-state index contributed by atoms with van der Waals surface area (Å²) in [6, 6.07) is 4.09. The molecule has 0 saturated heterocycles. The van der Waals surface area contributed by atoms with E-state index in [1.165, 1.54) is 41.3 Å². The highest BCUT2D eigenvalue weighted by Gasteiger charge is 2.27. The minimum absolute atomic E-state index is 0.0274. The fourth-order valence-corrected chi connectivity index (χ4v) is 5.87. The number of amides is 1. The molecule has 1 aliphatic rings. The normalized spacial score (nSPS) is 12.8. The van der Waals surface area contributed by atoms with Crippen LogP contribution in [0.25, 0.3) is 0 Å². The van der Waals surface area contributed by atoms with Crippen molar-refractivity contribution in [2.24, 2.45) is 7.05 Å². The number of esters is 1. The van der Waals surface area contributed by atoms with Gasteiger partial charge in [0.1, 0.15) is 23.2 Å². The molecule has 3 aromatic rings. The second kappa shape index (κ2) is 11.4. The van der Waals surface area contributed by atoms with Gasteiger partial charge < -0.3 is 19.4 Å². The average molecular weight is 539 g/mol. The molecule has 186 valence electrons. The van der Waals surface area contributed by atoms with Crippen LogP contribution in [0.4, 0.5) is 9.39 Å². The minimum atomic E-state index is -0.522. The van der Waals surface area contributed by atoms with Crippen molar-refractivity contribution >= 4 is 51.6 Å². The molecule has 4 rings (SSSR count). The number of nitrogens with one attached hydrogen (secondary N) is 1. The van der Waals surface area contributed by atoms with E-state index in [1.54, 1.807) is 18.5 Å². The van der Waals surface area contributed by atoms with E-state index in [0.29, 0.717) is 27.3 Å². The highest BCUT2D eigenvalue weighted by molar-refractivity contribution is 7.99. The summed E-state index contributed by atoms with van der Waals surface area (Å²) >= 11 is 8.45. The van der Waals surface area contributed by atoms with Crippen molar-refractivity contribution in [3.63, 3.8) is 0 Å². The van der Waals surface area contributed by atoms with Crippen LogP contribution >= 0.6 is 34.7 Å². The molecule has 0 aliphatic heterocycles. The monoisotopic (exact) mass is 538 g/mol. The largest absolute Gasteiger partial charge is 0.486 e. The number of benzene rings is 1. The van der Waals surface area contributed by atoms with Gasteiger partial charge >= 0.3 is 5.97 Å². The topological polar surface area (TPSA) is 95.3 Å². The number of ether oxygens (including phenoxy) is 2. The number of fused-ring (bicyclic) bond motifs is 1. The Kier molecular flexibility index (Phi) is 8.30. The zero-order chi connectivity index (χ0) is 24.9. The van der Waals surface area contributed by atoms with Crippen molar-refractivity contribution in [2.45, 2.75) is 44.4 Å². The third-order valence-corrected chi connectivity index (χ3v) is 7.94. The van der Waals surface area contributed by atoms with Gasteiger partial charge in [-0.15, -0.1) is 21.5 Å². The van der Waals surface area contributed by atoms with E-state index in [-0.39, 0.29) is 29.9 Å². The fourth-order valence-electron chi connectivity index (χ4n) is 3.68. The number of carbonyl (C=O) groups is 2. The fraction of sp³-hybridized carbons (Fsp3) is 0.391. The molecule has 0 radical (unpaired) electrons. The predicted octanol–water partition coefficient (Wildman–Crippen LogP) is 5.03. The Balaban J connectivity index is 1.37. The molecule has 2 heterocycles. The van der Waals surface area contributed by atoms with Gasteiger partial charge in [-0.3, -0.25) is 4.79 Å². The van der Waals surface area contributed by atoms with Gasteiger partial charge in [0.05, 0.1) is 22.9 Å². The van der Waals surface area contributed by atoms with Gasteiger partial charge in [-0.2, -0.15) is 0 Å². The second-order valence-corrected chi connectivity index (χ2v) is 10.2. The lowest BCUT2D eigenvalue weighted by atomic mass is 9.95. The molecule has 0 fully saturated rings. The smallest absolute Gasteiger partial charge is 0.341 e. The maximum atomic E-state index is 13.3. The van der Waals surface area contributed by atoms with Crippen LogP contribution in [-0.4, -0.2) is 39.0 Å². The second-order valence-electron chi connectivity index (χ2n) is 7.79. The predicted molar refractivity (Wildman–Crippen MR) is 133 cm³/mol. The van der Waals surface area contributed by atoms with E-state index in [0.717, 1.165) is 36.1 Å². The molecular formula is C23H24ClFN4O4S2. The molecular weight excluding hydrogens is 515 g/mol. The lowest BCUT2D eigenvalue weighted by Gasteiger charge is -2.12. The number of aryl methyl sites for hydroxylation is 1. The number of anilines is 1. The molecule has 2 aromatic heterocycles. The Bertz CT molecular complexity index is 1250. The first-order valence-electron chi connectivity index (χ1n) is 11.1. The van der Waals surface area contributed by atoms with Gasteiger partial charge in [0.25, 0.3) is 0 Å². The molecule has 12 heteroatoms. The standard InChI is InChI=1S/C23H24ClFN4O4S2/c1-3-32-22(31)20-14-6-4-5-7-17(14)35-21(20)26-19(30)12-34-23-28-27-18(29(23)2)11-33-13-8-9-16(25)15(24)10-13/h8-10H,3-7,11-12H2,1-2H3,(H,26,30). The van der Waals surface area contributed by atoms with Gasteiger partial charge in [0.15, 0.2) is 11.0 Å². The van der Waals surface area contributed by atoms with Crippen LogP contribution < -0.4 is 10.1 Å². The number of hydrogen-bond acceptors (Lipinski definition) is 8. The summed E-state index contributed by atoms with van der Waals surface area (Å²) < 4.78 is 25.9. The Labute approximate surface area is 215 Å². The molecule has 0 unspecified atom stereocenters. The van der Waals surface area contributed by atoms with Gasteiger partial charge in [0, 0.05) is 18.0 Å². The zero-order valence-electron chi connectivity index (χ0n) is 19.2. The van der Waals surface area contributed by atoms with Crippen LogP contribution in [-0.2, 0) is 36.0 Å². The number of aromatic nitrogens is 3. The summed E-state index contributed by atoms with van der Waals surface area (Å²) in [7, 11) is 1.77. The van der Waals surface area contributed by atoms with Gasteiger partial charge in [-0.1, -0.05) is 23.4 Å². The third-order valence-electron chi connectivity index (χ3n) is 5.42. The zero-order valence-corrected chi connectivity index (χ0v) is 21.6.